The number of nitrogens with one attached hydrogen (secondary N) is 1. The van der Waals surface area contributed by atoms with E-state index < -0.39 is 17.3 Å². The summed E-state index contributed by atoms with van der Waals surface area (Å²) in [5.74, 6) is -1.02. The Balaban J connectivity index is 2.10. The summed E-state index contributed by atoms with van der Waals surface area (Å²) in [6.07, 6.45) is 2.14. The molecule has 150 valence electrons. The molecule has 8 heteroatoms. The summed E-state index contributed by atoms with van der Waals surface area (Å²) in [5.41, 5.74) is 6.74. The standard InChI is InChI=1S/C21H21FN4O3/c1-4-13-6-8-16(15(22)9-13)25-21-19(20(23)28)17(10-18(27)26(21)3)29-14-7-5-12(2)24-11-14/h5-11,25H,4H2,1-3H3,(H2,23,28). The molecule has 1 amide bonds. The highest BCUT2D eigenvalue weighted by atomic mass is 19.1. The zero-order valence-electron chi connectivity index (χ0n) is 16.3. The first-order valence-electron chi connectivity index (χ1n) is 9.00. The minimum Gasteiger partial charge on any atom is -0.455 e. The zero-order valence-corrected chi connectivity index (χ0v) is 16.3. The molecule has 1 aromatic carbocycles. The summed E-state index contributed by atoms with van der Waals surface area (Å²) in [5, 5.41) is 2.81. The van der Waals surface area contributed by atoms with E-state index in [1.807, 2.05) is 13.8 Å². The number of ether oxygens (including phenoxy) is 1. The molecule has 29 heavy (non-hydrogen) atoms. The average molecular weight is 396 g/mol. The lowest BCUT2D eigenvalue weighted by Gasteiger charge is -2.18. The summed E-state index contributed by atoms with van der Waals surface area (Å²) in [6, 6.07) is 9.22. The van der Waals surface area contributed by atoms with Crippen LogP contribution in [0.1, 0.15) is 28.5 Å². The van der Waals surface area contributed by atoms with Crippen molar-refractivity contribution in [1.29, 1.82) is 0 Å². The topological polar surface area (TPSA) is 99.2 Å². The van der Waals surface area contributed by atoms with Crippen LogP contribution in [0, 0.1) is 12.7 Å². The van der Waals surface area contributed by atoms with Crippen molar-refractivity contribution in [1.82, 2.24) is 9.55 Å². The fraction of sp³-hybridized carbons (Fsp3) is 0.190. The van der Waals surface area contributed by atoms with Gasteiger partial charge in [-0.05, 0) is 43.2 Å². The molecular weight excluding hydrogens is 375 g/mol. The maximum Gasteiger partial charge on any atom is 0.256 e. The molecule has 0 saturated heterocycles. The number of hydrogen-bond donors (Lipinski definition) is 2. The second kappa shape index (κ2) is 8.14. The van der Waals surface area contributed by atoms with Gasteiger partial charge in [-0.25, -0.2) is 4.39 Å². The number of carbonyl (C=O) groups is 1. The van der Waals surface area contributed by atoms with E-state index in [4.69, 9.17) is 10.5 Å². The van der Waals surface area contributed by atoms with Crippen LogP contribution in [0.15, 0.2) is 47.4 Å². The SMILES string of the molecule is CCc1ccc(Nc2c(C(N)=O)c(Oc3ccc(C)nc3)cc(=O)n2C)c(F)c1. The summed E-state index contributed by atoms with van der Waals surface area (Å²) in [6.45, 7) is 3.73. The third kappa shape index (κ3) is 4.26. The number of primary amides is 1. The molecule has 0 aliphatic rings. The van der Waals surface area contributed by atoms with E-state index in [0.717, 1.165) is 17.3 Å². The Kier molecular flexibility index (Phi) is 5.63. The van der Waals surface area contributed by atoms with Gasteiger partial charge in [0.05, 0.1) is 11.9 Å². The maximum absolute atomic E-state index is 14.5. The molecule has 0 aliphatic carbocycles. The fourth-order valence-corrected chi connectivity index (χ4v) is 2.79. The summed E-state index contributed by atoms with van der Waals surface area (Å²) in [7, 11) is 1.45. The van der Waals surface area contributed by atoms with Crippen LogP contribution in [0.25, 0.3) is 0 Å². The number of hydrogen-bond acceptors (Lipinski definition) is 5. The number of carbonyl (C=O) groups excluding carboxylic acids is 1. The molecular formula is C21H21FN4O3. The minimum atomic E-state index is -0.830. The second-order valence-corrected chi connectivity index (χ2v) is 6.52. The first kappa shape index (κ1) is 20.1. The van der Waals surface area contributed by atoms with Crippen LogP contribution >= 0.6 is 0 Å². The molecule has 3 N–H and O–H groups in total. The molecule has 3 rings (SSSR count). The van der Waals surface area contributed by atoms with Gasteiger partial charge in [0.25, 0.3) is 11.5 Å². The lowest BCUT2D eigenvalue weighted by Crippen LogP contribution is -2.25. The molecule has 0 fully saturated rings. The zero-order chi connectivity index (χ0) is 21.1. The summed E-state index contributed by atoms with van der Waals surface area (Å²) in [4.78, 5) is 28.8. The molecule has 0 unspecified atom stereocenters. The number of anilines is 2. The molecule has 0 atom stereocenters. The average Bonchev–Trinajstić information content (AvgIpc) is 2.68. The van der Waals surface area contributed by atoms with Crippen molar-refractivity contribution in [2.75, 3.05) is 5.32 Å². The van der Waals surface area contributed by atoms with Crippen molar-refractivity contribution in [3.05, 3.63) is 75.6 Å². The smallest absolute Gasteiger partial charge is 0.256 e. The molecule has 0 bridgehead atoms. The van der Waals surface area contributed by atoms with E-state index in [1.165, 1.54) is 23.9 Å². The highest BCUT2D eigenvalue weighted by Crippen LogP contribution is 2.31. The third-order valence-electron chi connectivity index (χ3n) is 4.46. The van der Waals surface area contributed by atoms with Crippen molar-refractivity contribution < 1.29 is 13.9 Å². The lowest BCUT2D eigenvalue weighted by atomic mass is 10.1. The highest BCUT2D eigenvalue weighted by Gasteiger charge is 2.21. The molecule has 0 radical (unpaired) electrons. The van der Waals surface area contributed by atoms with Crippen LogP contribution in [-0.2, 0) is 13.5 Å². The third-order valence-corrected chi connectivity index (χ3v) is 4.46. The number of rotatable bonds is 6. The monoisotopic (exact) mass is 396 g/mol. The van der Waals surface area contributed by atoms with Gasteiger partial charge in [-0.3, -0.25) is 19.1 Å². The number of amides is 1. The van der Waals surface area contributed by atoms with E-state index in [9.17, 15) is 14.0 Å². The number of aromatic nitrogens is 2. The molecule has 3 aromatic rings. The Bertz CT molecular complexity index is 1120. The maximum atomic E-state index is 14.5. The first-order chi connectivity index (χ1) is 13.8. The van der Waals surface area contributed by atoms with Gasteiger partial charge in [0.2, 0.25) is 0 Å². The van der Waals surface area contributed by atoms with E-state index in [0.29, 0.717) is 12.2 Å². The summed E-state index contributed by atoms with van der Waals surface area (Å²) >= 11 is 0. The molecule has 0 aliphatic heterocycles. The van der Waals surface area contributed by atoms with Gasteiger partial charge in [-0.2, -0.15) is 0 Å². The number of benzene rings is 1. The van der Waals surface area contributed by atoms with Crippen LogP contribution in [0.5, 0.6) is 11.5 Å². The van der Waals surface area contributed by atoms with E-state index in [-0.39, 0.29) is 22.8 Å². The first-order valence-corrected chi connectivity index (χ1v) is 9.00. The van der Waals surface area contributed by atoms with Gasteiger partial charge in [0.1, 0.15) is 28.7 Å². The van der Waals surface area contributed by atoms with Gasteiger partial charge in [-0.1, -0.05) is 13.0 Å². The van der Waals surface area contributed by atoms with Gasteiger partial charge in [0.15, 0.2) is 0 Å². The Hall–Kier alpha value is -3.68. The number of nitrogens with two attached hydrogens (primary N) is 1. The van der Waals surface area contributed by atoms with Crippen molar-refractivity contribution in [2.24, 2.45) is 12.8 Å². The quantitative estimate of drug-likeness (QED) is 0.665. The lowest BCUT2D eigenvalue weighted by molar-refractivity contribution is 0.0998. The molecule has 7 nitrogen and oxygen atoms in total. The largest absolute Gasteiger partial charge is 0.455 e. The van der Waals surface area contributed by atoms with Crippen molar-refractivity contribution in [3.63, 3.8) is 0 Å². The van der Waals surface area contributed by atoms with Crippen LogP contribution in [-0.4, -0.2) is 15.5 Å². The Labute approximate surface area is 167 Å². The number of aryl methyl sites for hydroxylation is 2. The van der Waals surface area contributed by atoms with Crippen molar-refractivity contribution in [2.45, 2.75) is 20.3 Å². The van der Waals surface area contributed by atoms with Gasteiger partial charge in [-0.15, -0.1) is 0 Å². The van der Waals surface area contributed by atoms with Crippen LogP contribution in [0.3, 0.4) is 0 Å². The molecule has 0 spiro atoms. The minimum absolute atomic E-state index is 0.0308. The molecule has 2 aromatic heterocycles. The number of pyridine rings is 2. The highest BCUT2D eigenvalue weighted by molar-refractivity contribution is 6.01. The fourth-order valence-electron chi connectivity index (χ4n) is 2.79. The van der Waals surface area contributed by atoms with Crippen LogP contribution in [0.2, 0.25) is 0 Å². The van der Waals surface area contributed by atoms with Crippen molar-refractivity contribution >= 4 is 17.4 Å². The van der Waals surface area contributed by atoms with Gasteiger partial charge < -0.3 is 15.8 Å². The van der Waals surface area contributed by atoms with Crippen LogP contribution in [0.4, 0.5) is 15.9 Å². The van der Waals surface area contributed by atoms with E-state index in [2.05, 4.69) is 10.3 Å². The second-order valence-electron chi connectivity index (χ2n) is 6.52. The van der Waals surface area contributed by atoms with Gasteiger partial charge >= 0.3 is 0 Å². The van der Waals surface area contributed by atoms with Gasteiger partial charge in [0, 0.05) is 18.8 Å². The van der Waals surface area contributed by atoms with E-state index >= 15 is 0 Å². The predicted octanol–water partition coefficient (Wildman–Crippen LogP) is 3.43. The Morgan fingerprint density at radius 1 is 1.28 bits per heavy atom. The summed E-state index contributed by atoms with van der Waals surface area (Å²) < 4.78 is 21.3. The number of halogens is 1. The van der Waals surface area contributed by atoms with Crippen molar-refractivity contribution in [3.8, 4) is 11.5 Å². The Morgan fingerprint density at radius 3 is 2.62 bits per heavy atom. The molecule has 0 saturated carbocycles. The molecule has 2 heterocycles. The predicted molar refractivity (Wildman–Crippen MR) is 108 cm³/mol. The normalized spacial score (nSPS) is 10.6. The number of nitrogens with zero attached hydrogens (tertiary/aromatic N) is 2. The van der Waals surface area contributed by atoms with E-state index in [1.54, 1.807) is 24.3 Å². The van der Waals surface area contributed by atoms with Crippen LogP contribution < -0.4 is 21.3 Å². The Morgan fingerprint density at radius 2 is 2.03 bits per heavy atom.